The van der Waals surface area contributed by atoms with Crippen LogP contribution in [-0.2, 0) is 28.4 Å². The van der Waals surface area contributed by atoms with Crippen LogP contribution in [0.3, 0.4) is 0 Å². The molecule has 3 aromatic carbocycles. The number of rotatable bonds is 8. The van der Waals surface area contributed by atoms with Crippen molar-refractivity contribution in [2.75, 3.05) is 13.1 Å². The number of nitriles is 1. The van der Waals surface area contributed by atoms with Crippen molar-refractivity contribution in [1.82, 2.24) is 14.5 Å². The Bertz CT molecular complexity index is 1940. The maximum Gasteiger partial charge on any atom is 0.416 e. The number of carbonyl (C=O) groups excluding carboxylic acids is 1. The van der Waals surface area contributed by atoms with Gasteiger partial charge in [0.05, 0.1) is 17.2 Å². The van der Waals surface area contributed by atoms with Crippen LogP contribution in [0.5, 0.6) is 0 Å². The van der Waals surface area contributed by atoms with Crippen molar-refractivity contribution < 1.29 is 35.9 Å². The highest BCUT2D eigenvalue weighted by molar-refractivity contribution is 6.00. The third-order valence-corrected chi connectivity index (χ3v) is 8.05. The topological polar surface area (TPSA) is 71.1 Å². The SMILES string of the molecule is N#C/C(=C\c1cn(Cc2cc(C(F)(F)F)cc(C(F)(F)F)c2)c2ncccc12)C(=O)OC1CN(C(c2ccccc2)c2ccccc2)C1. The Hall–Kier alpha value is -5.41. The first-order valence-corrected chi connectivity index (χ1v) is 14.8. The van der Waals surface area contributed by atoms with Crippen LogP contribution in [0.4, 0.5) is 26.3 Å². The number of hydrogen-bond acceptors (Lipinski definition) is 5. The first kappa shape index (κ1) is 32.5. The van der Waals surface area contributed by atoms with E-state index in [-0.39, 0.29) is 35.4 Å². The maximum atomic E-state index is 13.5. The highest BCUT2D eigenvalue weighted by Gasteiger charge is 2.38. The Labute approximate surface area is 271 Å². The maximum absolute atomic E-state index is 13.5. The molecule has 1 aliphatic heterocycles. The Morgan fingerprint density at radius 1 is 0.896 bits per heavy atom. The van der Waals surface area contributed by atoms with E-state index < -0.39 is 35.6 Å². The lowest BCUT2D eigenvalue weighted by atomic mass is 9.94. The van der Waals surface area contributed by atoms with E-state index in [0.717, 1.165) is 11.1 Å². The van der Waals surface area contributed by atoms with Gasteiger partial charge in [0.25, 0.3) is 0 Å². The van der Waals surface area contributed by atoms with Crippen LogP contribution >= 0.6 is 0 Å². The summed E-state index contributed by atoms with van der Waals surface area (Å²) in [7, 11) is 0. The fourth-order valence-electron chi connectivity index (χ4n) is 5.84. The van der Waals surface area contributed by atoms with Gasteiger partial charge in [0.15, 0.2) is 0 Å². The van der Waals surface area contributed by atoms with Gasteiger partial charge >= 0.3 is 18.3 Å². The number of hydrogen-bond donors (Lipinski definition) is 0. The van der Waals surface area contributed by atoms with Gasteiger partial charge < -0.3 is 9.30 Å². The molecule has 244 valence electrons. The number of pyridine rings is 1. The molecule has 6 nitrogen and oxygen atoms in total. The molecule has 0 unspecified atom stereocenters. The molecule has 1 fully saturated rings. The number of aromatic nitrogens is 2. The molecule has 2 aromatic heterocycles. The zero-order chi connectivity index (χ0) is 34.1. The van der Waals surface area contributed by atoms with Crippen LogP contribution in [0.15, 0.2) is 109 Å². The number of nitrogens with zero attached hydrogens (tertiary/aromatic N) is 4. The lowest BCUT2D eigenvalue weighted by Crippen LogP contribution is -2.54. The number of alkyl halides is 6. The molecule has 0 aliphatic carbocycles. The fraction of sp³-hybridized carbons (Fsp3) is 0.194. The van der Waals surface area contributed by atoms with Gasteiger partial charge in [-0.1, -0.05) is 60.7 Å². The van der Waals surface area contributed by atoms with Gasteiger partial charge in [-0.05, 0) is 53.1 Å². The summed E-state index contributed by atoms with van der Waals surface area (Å²) in [6, 6.07) is 26.2. The molecule has 5 aromatic rings. The molecule has 0 saturated carbocycles. The molecule has 0 amide bonds. The van der Waals surface area contributed by atoms with Gasteiger partial charge in [0, 0.05) is 43.0 Å². The third kappa shape index (κ3) is 6.96. The standard InChI is InChI=1S/C36H26F6N4O2/c37-35(38,39)28-14-23(15-29(17-28)36(40,41)42)19-46-20-27(31-12-7-13-44-33(31)46)16-26(18-43)34(47)48-30-21-45(22-30)32(24-8-3-1-4-9-24)25-10-5-2-6-11-25/h1-17,20,30,32H,19,21-22H2/b26-16+. The molecule has 12 heteroatoms. The van der Waals surface area contributed by atoms with Crippen molar-refractivity contribution in [2.45, 2.75) is 31.0 Å². The van der Waals surface area contributed by atoms with Gasteiger partial charge in [-0.25, -0.2) is 9.78 Å². The quantitative estimate of drug-likeness (QED) is 0.0730. The number of ether oxygens (including phenoxy) is 1. The van der Waals surface area contributed by atoms with E-state index in [9.17, 15) is 36.4 Å². The van der Waals surface area contributed by atoms with Gasteiger partial charge in [0.1, 0.15) is 23.4 Å². The van der Waals surface area contributed by atoms with Crippen molar-refractivity contribution >= 4 is 23.1 Å². The molecule has 0 bridgehead atoms. The fourth-order valence-corrected chi connectivity index (χ4v) is 5.84. The minimum Gasteiger partial charge on any atom is -0.456 e. The summed E-state index contributed by atoms with van der Waals surface area (Å²) in [5.74, 6) is -0.851. The summed E-state index contributed by atoms with van der Waals surface area (Å²) in [6.45, 7) is 0.473. The van der Waals surface area contributed by atoms with E-state index in [1.165, 1.54) is 23.0 Å². The van der Waals surface area contributed by atoms with E-state index >= 15 is 0 Å². The second-order valence-electron chi connectivity index (χ2n) is 11.4. The molecule has 6 rings (SSSR count). The first-order chi connectivity index (χ1) is 22.9. The highest BCUT2D eigenvalue weighted by atomic mass is 19.4. The van der Waals surface area contributed by atoms with Crippen LogP contribution in [-0.4, -0.2) is 39.6 Å². The number of esters is 1. The van der Waals surface area contributed by atoms with Crippen LogP contribution in [0.1, 0.15) is 39.4 Å². The average molecular weight is 661 g/mol. The predicted octanol–water partition coefficient (Wildman–Crippen LogP) is 8.05. The van der Waals surface area contributed by atoms with Gasteiger partial charge in [-0.3, -0.25) is 4.90 Å². The predicted molar refractivity (Wildman–Crippen MR) is 165 cm³/mol. The second-order valence-corrected chi connectivity index (χ2v) is 11.4. The summed E-state index contributed by atoms with van der Waals surface area (Å²) < 4.78 is 87.8. The van der Waals surface area contributed by atoms with Crippen molar-refractivity contribution in [3.05, 3.63) is 142 Å². The number of benzene rings is 3. The molecule has 3 heterocycles. The minimum atomic E-state index is -5.00. The lowest BCUT2D eigenvalue weighted by molar-refractivity contribution is -0.153. The highest BCUT2D eigenvalue weighted by Crippen LogP contribution is 2.37. The summed E-state index contributed by atoms with van der Waals surface area (Å²) in [5, 5.41) is 10.3. The summed E-state index contributed by atoms with van der Waals surface area (Å²) in [5.41, 5.74) is -0.723. The van der Waals surface area contributed by atoms with Crippen LogP contribution < -0.4 is 0 Å². The molecular formula is C36H26F6N4O2. The second kappa shape index (κ2) is 13.0. The van der Waals surface area contributed by atoms with Gasteiger partial charge in [-0.2, -0.15) is 31.6 Å². The monoisotopic (exact) mass is 660 g/mol. The zero-order valence-electron chi connectivity index (χ0n) is 25.0. The molecule has 1 aliphatic rings. The number of carbonyl (C=O) groups is 1. The molecular weight excluding hydrogens is 634 g/mol. The van der Waals surface area contributed by atoms with E-state index in [4.69, 9.17) is 4.74 Å². The number of fused-ring (bicyclic) bond motifs is 1. The molecule has 1 saturated heterocycles. The minimum absolute atomic E-state index is 0.0593. The zero-order valence-corrected chi connectivity index (χ0v) is 25.0. The van der Waals surface area contributed by atoms with E-state index in [0.29, 0.717) is 36.2 Å². The summed E-state index contributed by atoms with van der Waals surface area (Å²) in [6.07, 6.45) is -6.35. The Morgan fingerprint density at radius 2 is 1.48 bits per heavy atom. The van der Waals surface area contributed by atoms with Gasteiger partial charge in [0.2, 0.25) is 0 Å². The molecule has 0 radical (unpaired) electrons. The first-order valence-electron chi connectivity index (χ1n) is 14.8. The average Bonchev–Trinajstić information content (AvgIpc) is 3.39. The van der Waals surface area contributed by atoms with E-state index in [2.05, 4.69) is 9.88 Å². The Morgan fingerprint density at radius 3 is 2.02 bits per heavy atom. The summed E-state index contributed by atoms with van der Waals surface area (Å²) in [4.78, 5) is 19.5. The molecule has 48 heavy (non-hydrogen) atoms. The van der Waals surface area contributed by atoms with Crippen LogP contribution in [0.2, 0.25) is 0 Å². The van der Waals surface area contributed by atoms with Crippen LogP contribution in [0, 0.1) is 11.3 Å². The van der Waals surface area contributed by atoms with Crippen LogP contribution in [0.25, 0.3) is 17.1 Å². The van der Waals surface area contributed by atoms with Crippen molar-refractivity contribution in [3.63, 3.8) is 0 Å². The largest absolute Gasteiger partial charge is 0.456 e. The van der Waals surface area contributed by atoms with Gasteiger partial charge in [-0.15, -0.1) is 0 Å². The molecule has 0 spiro atoms. The van der Waals surface area contributed by atoms with E-state index in [1.807, 2.05) is 66.7 Å². The normalized spacial score (nSPS) is 14.6. The lowest BCUT2D eigenvalue weighted by Gasteiger charge is -2.43. The van der Waals surface area contributed by atoms with E-state index in [1.54, 1.807) is 12.1 Å². The number of likely N-dealkylation sites (tertiary alicyclic amines) is 1. The smallest absolute Gasteiger partial charge is 0.416 e. The van der Waals surface area contributed by atoms with Crippen molar-refractivity contribution in [3.8, 4) is 6.07 Å². The summed E-state index contributed by atoms with van der Waals surface area (Å²) >= 11 is 0. The Balaban J connectivity index is 1.22. The third-order valence-electron chi connectivity index (χ3n) is 8.05. The number of halogens is 6. The van der Waals surface area contributed by atoms with Crippen molar-refractivity contribution in [2.24, 2.45) is 0 Å². The Kier molecular flexibility index (Phi) is 8.81. The molecule has 0 atom stereocenters. The van der Waals surface area contributed by atoms with Crippen molar-refractivity contribution in [1.29, 1.82) is 5.26 Å². The molecule has 0 N–H and O–H groups in total.